The second kappa shape index (κ2) is 11.1. The number of ether oxygens (including phenoxy) is 2. The third-order valence-corrected chi connectivity index (χ3v) is 13.8. The lowest BCUT2D eigenvalue weighted by Gasteiger charge is -2.37. The first-order valence-electron chi connectivity index (χ1n) is 20.8. The van der Waals surface area contributed by atoms with E-state index < -0.39 is 0 Å². The van der Waals surface area contributed by atoms with Crippen LogP contribution in [0.3, 0.4) is 0 Å². The molecule has 4 aliphatic rings. The number of hydrogen-bond acceptors (Lipinski definition) is 2. The molecule has 0 aliphatic carbocycles. The van der Waals surface area contributed by atoms with Crippen LogP contribution in [0.4, 0.5) is 0 Å². The summed E-state index contributed by atoms with van der Waals surface area (Å²) in [4.78, 5) is 0. The van der Waals surface area contributed by atoms with Crippen molar-refractivity contribution in [3.63, 3.8) is 0 Å². The molecule has 0 radical (unpaired) electrons. The van der Waals surface area contributed by atoms with Gasteiger partial charge in [-0.1, -0.05) is 139 Å². The summed E-state index contributed by atoms with van der Waals surface area (Å²) in [5.74, 6) is 5.64. The molecule has 0 bridgehead atoms. The Bertz CT molecular complexity index is 2850. The van der Waals surface area contributed by atoms with E-state index in [1.807, 2.05) is 0 Å². The summed E-state index contributed by atoms with van der Waals surface area (Å²) >= 11 is 0. The van der Waals surface area contributed by atoms with E-state index in [4.69, 9.17) is 9.47 Å². The summed E-state index contributed by atoms with van der Waals surface area (Å²) < 4.78 is 13.9. The summed E-state index contributed by atoms with van der Waals surface area (Å²) in [6.45, 7) is 18.4. The van der Waals surface area contributed by atoms with Gasteiger partial charge in [0.15, 0.2) is 0 Å². The fraction of sp³-hybridized carbons (Fsp3) is 0.231. The van der Waals surface area contributed by atoms with Gasteiger partial charge in [-0.3, -0.25) is 0 Å². The largest absolute Gasteiger partial charge is 0.458 e. The number of fused-ring (bicyclic) bond motifs is 8. The van der Waals surface area contributed by atoms with Gasteiger partial charge in [0.1, 0.15) is 23.0 Å². The minimum Gasteiger partial charge on any atom is -0.458 e. The van der Waals surface area contributed by atoms with Gasteiger partial charge in [-0.05, 0) is 147 Å². The quantitative estimate of drug-likeness (QED) is 0.133. The van der Waals surface area contributed by atoms with Crippen LogP contribution >= 0.6 is 0 Å². The van der Waals surface area contributed by atoms with Crippen LogP contribution in [0.15, 0.2) is 97.1 Å². The fourth-order valence-corrected chi connectivity index (χ4v) is 10.8. The molecule has 4 heterocycles. The zero-order chi connectivity index (χ0) is 38.0. The van der Waals surface area contributed by atoms with Crippen molar-refractivity contribution in [1.29, 1.82) is 0 Å². The van der Waals surface area contributed by atoms with Gasteiger partial charge < -0.3 is 9.47 Å². The molecular weight excluding hydrogens is 678 g/mol. The van der Waals surface area contributed by atoms with Crippen LogP contribution in [-0.2, 0) is 0 Å². The molecule has 8 aromatic rings. The van der Waals surface area contributed by atoms with E-state index in [9.17, 15) is 0 Å². The van der Waals surface area contributed by atoms with Gasteiger partial charge >= 0.3 is 0 Å². The third kappa shape index (κ3) is 4.15. The standard InChI is InChI=1S/C52H44B2O2/c1-25(2)29-11-15-39-43(21-29)55-45-23-33(27(5)6)17-37-35-13-10-32-20-42-50-36(14-9-31-19-41(53(39)51(37)45)49(35)47(32)48(31)50)38-18-34(28(7)8)24-46-52(38)54(42)40-16-12-30(26(3)4)22-44(40)56-46/h9-28H,1-8H3. The molecule has 0 unspecified atom stereocenters. The number of rotatable bonds is 4. The van der Waals surface area contributed by atoms with E-state index >= 15 is 0 Å². The second-order valence-electron chi connectivity index (χ2n) is 18.3. The van der Waals surface area contributed by atoms with Crippen LogP contribution in [0.2, 0.25) is 0 Å². The zero-order valence-electron chi connectivity index (χ0n) is 33.5. The van der Waals surface area contributed by atoms with Crippen molar-refractivity contribution in [3.05, 3.63) is 119 Å². The molecule has 0 amide bonds. The predicted octanol–water partition coefficient (Wildman–Crippen LogP) is 10.3. The van der Waals surface area contributed by atoms with Gasteiger partial charge in [0.25, 0.3) is 13.4 Å². The molecule has 0 spiro atoms. The first kappa shape index (κ1) is 32.7. The van der Waals surface area contributed by atoms with Crippen molar-refractivity contribution < 1.29 is 9.47 Å². The zero-order valence-corrected chi connectivity index (χ0v) is 33.5. The molecule has 0 fully saturated rings. The van der Waals surface area contributed by atoms with E-state index in [1.165, 1.54) is 110 Å². The Morgan fingerprint density at radius 1 is 0.339 bits per heavy atom. The molecule has 0 saturated heterocycles. The highest BCUT2D eigenvalue weighted by Crippen LogP contribution is 2.47. The van der Waals surface area contributed by atoms with Crippen LogP contribution < -0.4 is 42.3 Å². The van der Waals surface area contributed by atoms with Gasteiger partial charge in [0, 0.05) is 0 Å². The molecule has 270 valence electrons. The summed E-state index contributed by atoms with van der Waals surface area (Å²) in [7, 11) is 0. The molecule has 4 aliphatic heterocycles. The minimum absolute atomic E-state index is 0.0918. The Kier molecular flexibility index (Phi) is 6.49. The SMILES string of the molecule is CC(C)c1ccc2c(c1)Oc1cc(C(C)C)cc3c1B2c1cc2ccc4c5c(cc6ccc-3c1c6c25)B1c2ccc(C(C)C)cc2Oc2cc(C(C)C)cc-4c21. The Balaban J connectivity index is 1.21. The van der Waals surface area contributed by atoms with E-state index in [-0.39, 0.29) is 13.4 Å². The monoisotopic (exact) mass is 722 g/mol. The van der Waals surface area contributed by atoms with Gasteiger partial charge in [0.05, 0.1) is 0 Å². The van der Waals surface area contributed by atoms with Crippen molar-refractivity contribution >= 4 is 78.5 Å². The Morgan fingerprint density at radius 3 is 1.12 bits per heavy atom. The highest BCUT2D eigenvalue weighted by Gasteiger charge is 2.43. The maximum atomic E-state index is 6.94. The van der Waals surface area contributed by atoms with Gasteiger partial charge in [-0.25, -0.2) is 0 Å². The van der Waals surface area contributed by atoms with Crippen molar-refractivity contribution in [2.75, 3.05) is 0 Å². The molecule has 0 aromatic heterocycles. The molecular formula is C52H44B2O2. The highest BCUT2D eigenvalue weighted by atomic mass is 16.5. The lowest BCUT2D eigenvalue weighted by molar-refractivity contribution is 0.485. The Morgan fingerprint density at radius 2 is 0.732 bits per heavy atom. The molecule has 2 nitrogen and oxygen atoms in total. The van der Waals surface area contributed by atoms with Crippen molar-refractivity contribution in [2.45, 2.75) is 79.1 Å². The average Bonchev–Trinajstić information content (AvgIpc) is 3.19. The maximum absolute atomic E-state index is 6.94. The Hall–Kier alpha value is -5.47. The topological polar surface area (TPSA) is 18.5 Å². The lowest BCUT2D eigenvalue weighted by Crippen LogP contribution is -2.58. The van der Waals surface area contributed by atoms with Crippen molar-refractivity contribution in [2.24, 2.45) is 0 Å². The molecule has 4 heteroatoms. The summed E-state index contributed by atoms with van der Waals surface area (Å²) in [5, 5.41) is 8.24. The van der Waals surface area contributed by atoms with Gasteiger partial charge in [-0.15, -0.1) is 0 Å². The Labute approximate surface area is 330 Å². The van der Waals surface area contributed by atoms with Crippen LogP contribution in [0.25, 0.3) is 54.6 Å². The van der Waals surface area contributed by atoms with E-state index in [0.717, 1.165) is 23.0 Å². The molecule has 8 aromatic carbocycles. The third-order valence-electron chi connectivity index (χ3n) is 13.8. The smallest absolute Gasteiger partial charge is 0.252 e. The molecule has 12 rings (SSSR count). The summed E-state index contributed by atoms with van der Waals surface area (Å²) in [5.41, 5.74) is 18.5. The summed E-state index contributed by atoms with van der Waals surface area (Å²) in [6, 6.07) is 38.3. The number of hydrogen-bond donors (Lipinski definition) is 0. The first-order chi connectivity index (χ1) is 27.0. The van der Waals surface area contributed by atoms with Gasteiger partial charge in [-0.2, -0.15) is 0 Å². The molecule has 56 heavy (non-hydrogen) atoms. The normalized spacial score (nSPS) is 14.2. The second-order valence-corrected chi connectivity index (χ2v) is 18.3. The highest BCUT2D eigenvalue weighted by molar-refractivity contribution is 7.01. The molecule has 0 saturated carbocycles. The van der Waals surface area contributed by atoms with E-state index in [1.54, 1.807) is 0 Å². The maximum Gasteiger partial charge on any atom is 0.252 e. The first-order valence-corrected chi connectivity index (χ1v) is 20.8. The van der Waals surface area contributed by atoms with Crippen molar-refractivity contribution in [3.8, 4) is 45.3 Å². The van der Waals surface area contributed by atoms with Crippen LogP contribution in [0.1, 0.15) is 101 Å². The fourth-order valence-electron chi connectivity index (χ4n) is 10.8. The van der Waals surface area contributed by atoms with Gasteiger partial charge in [0.2, 0.25) is 0 Å². The lowest BCUT2D eigenvalue weighted by atomic mass is 9.32. The predicted molar refractivity (Wildman–Crippen MR) is 240 cm³/mol. The van der Waals surface area contributed by atoms with Crippen molar-refractivity contribution in [1.82, 2.24) is 0 Å². The summed E-state index contributed by atoms with van der Waals surface area (Å²) in [6.07, 6.45) is 0. The van der Waals surface area contributed by atoms with Crippen LogP contribution in [0, 0.1) is 0 Å². The minimum atomic E-state index is 0.0918. The van der Waals surface area contributed by atoms with E-state index in [2.05, 4.69) is 152 Å². The number of benzene rings is 8. The molecule has 0 atom stereocenters. The molecule has 0 N–H and O–H groups in total. The van der Waals surface area contributed by atoms with E-state index in [0.29, 0.717) is 23.7 Å². The van der Waals surface area contributed by atoms with Crippen LogP contribution in [-0.4, -0.2) is 13.4 Å². The van der Waals surface area contributed by atoms with Crippen LogP contribution in [0.5, 0.6) is 23.0 Å². The average molecular weight is 723 g/mol.